The van der Waals surface area contributed by atoms with Gasteiger partial charge in [-0.1, -0.05) is 35.9 Å². The number of rotatable bonds is 9. The number of fused-ring (bicyclic) bond motifs is 2. The summed E-state index contributed by atoms with van der Waals surface area (Å²) in [5.41, 5.74) is 6.25. The highest BCUT2D eigenvalue weighted by Crippen LogP contribution is 2.34. The number of carboxylic acid groups (broad SMARTS) is 1. The average Bonchev–Trinajstić information content (AvgIpc) is 3.43. The first-order chi connectivity index (χ1) is 16.6. The molecule has 0 aliphatic carbocycles. The third-order valence-corrected chi connectivity index (χ3v) is 6.05. The van der Waals surface area contributed by atoms with Crippen molar-refractivity contribution in [3.05, 3.63) is 78.5 Å². The Labute approximate surface area is 197 Å². The van der Waals surface area contributed by atoms with Crippen LogP contribution in [0.2, 0.25) is 0 Å². The average molecular weight is 454 g/mol. The van der Waals surface area contributed by atoms with Crippen molar-refractivity contribution < 1.29 is 14.6 Å². The van der Waals surface area contributed by atoms with Crippen molar-refractivity contribution in [1.82, 2.24) is 14.5 Å². The molecule has 5 rings (SSSR count). The molecular formula is C28H27N3O3. The number of aliphatic carboxylic acids is 1. The zero-order chi connectivity index (χ0) is 23.5. The molecule has 0 fully saturated rings. The number of hydrogen-bond donors (Lipinski definition) is 2. The number of para-hydroxylation sites is 1. The predicted molar refractivity (Wildman–Crippen MR) is 135 cm³/mol. The minimum absolute atomic E-state index is 0.207. The second kappa shape index (κ2) is 9.43. The van der Waals surface area contributed by atoms with Crippen LogP contribution in [0.25, 0.3) is 39.0 Å². The molecular weight excluding hydrogens is 426 g/mol. The van der Waals surface area contributed by atoms with Crippen molar-refractivity contribution in [3.8, 4) is 22.8 Å². The van der Waals surface area contributed by atoms with Crippen LogP contribution in [-0.4, -0.2) is 32.2 Å². The maximum atomic E-state index is 10.7. The number of carbonyl (C=O) groups is 1. The zero-order valence-corrected chi connectivity index (χ0v) is 19.1. The Bertz CT molecular complexity index is 1450. The number of benzene rings is 3. The van der Waals surface area contributed by atoms with E-state index < -0.39 is 5.97 Å². The fourth-order valence-electron chi connectivity index (χ4n) is 4.28. The fraction of sp³-hybridized carbons (Fsp3) is 0.214. The minimum Gasteiger partial charge on any atom is -0.494 e. The Balaban J connectivity index is 1.51. The van der Waals surface area contributed by atoms with Crippen molar-refractivity contribution in [2.75, 3.05) is 6.61 Å². The number of nitrogens with zero attached hydrogens (tertiary/aromatic N) is 2. The molecule has 0 unspecified atom stereocenters. The van der Waals surface area contributed by atoms with E-state index in [1.54, 1.807) is 0 Å². The van der Waals surface area contributed by atoms with Gasteiger partial charge in [-0.2, -0.15) is 0 Å². The van der Waals surface area contributed by atoms with Crippen LogP contribution in [0.4, 0.5) is 0 Å². The Kier molecular flexibility index (Phi) is 6.04. The Hall–Kier alpha value is -4.06. The molecule has 0 bridgehead atoms. The maximum absolute atomic E-state index is 10.7. The van der Waals surface area contributed by atoms with Gasteiger partial charge in [0.25, 0.3) is 0 Å². The first kappa shape index (κ1) is 21.8. The summed E-state index contributed by atoms with van der Waals surface area (Å²) in [5.74, 6) is 0.910. The van der Waals surface area contributed by atoms with Crippen LogP contribution in [0.15, 0.2) is 72.9 Å². The summed E-state index contributed by atoms with van der Waals surface area (Å²) in [5, 5.41) is 9.90. The minimum atomic E-state index is -0.748. The molecule has 0 atom stereocenters. The number of aryl methyl sites for hydroxylation is 1. The lowest BCUT2D eigenvalue weighted by Gasteiger charge is -2.11. The van der Waals surface area contributed by atoms with Gasteiger partial charge >= 0.3 is 5.97 Å². The monoisotopic (exact) mass is 453 g/mol. The molecule has 3 aromatic carbocycles. The molecule has 0 aliphatic rings. The Morgan fingerprint density at radius 2 is 1.85 bits per heavy atom. The van der Waals surface area contributed by atoms with E-state index in [4.69, 9.17) is 14.8 Å². The number of imidazole rings is 1. The van der Waals surface area contributed by atoms with Gasteiger partial charge in [0.15, 0.2) is 0 Å². The van der Waals surface area contributed by atoms with Crippen LogP contribution >= 0.6 is 0 Å². The summed E-state index contributed by atoms with van der Waals surface area (Å²) < 4.78 is 8.19. The largest absolute Gasteiger partial charge is 0.494 e. The van der Waals surface area contributed by atoms with Crippen molar-refractivity contribution >= 4 is 27.9 Å². The van der Waals surface area contributed by atoms with Gasteiger partial charge in [0.1, 0.15) is 11.6 Å². The molecule has 0 saturated carbocycles. The van der Waals surface area contributed by atoms with E-state index in [1.807, 2.05) is 36.5 Å². The Morgan fingerprint density at radius 1 is 1.03 bits per heavy atom. The number of H-pyrrole nitrogens is 1. The van der Waals surface area contributed by atoms with Crippen LogP contribution < -0.4 is 4.74 Å². The highest BCUT2D eigenvalue weighted by molar-refractivity contribution is 5.96. The quantitative estimate of drug-likeness (QED) is 0.249. The number of ether oxygens (including phenoxy) is 1. The molecule has 172 valence electrons. The summed E-state index contributed by atoms with van der Waals surface area (Å²) in [6, 6.07) is 22.7. The van der Waals surface area contributed by atoms with Crippen LogP contribution in [0.3, 0.4) is 0 Å². The molecule has 0 aliphatic heterocycles. The summed E-state index contributed by atoms with van der Waals surface area (Å²) in [4.78, 5) is 19.0. The van der Waals surface area contributed by atoms with Crippen LogP contribution in [0.5, 0.6) is 5.75 Å². The van der Waals surface area contributed by atoms with Crippen LogP contribution in [-0.2, 0) is 4.79 Å². The second-order valence-corrected chi connectivity index (χ2v) is 8.56. The SMILES string of the molecule is Cc1ccc(-n2c(-c3c[nH]c4ccccc34)nc3ccc(OCCCCCC(=O)O)cc32)cc1. The fourth-order valence-corrected chi connectivity index (χ4v) is 4.28. The van der Waals surface area contributed by atoms with E-state index in [0.717, 1.165) is 57.6 Å². The highest BCUT2D eigenvalue weighted by atomic mass is 16.5. The van der Waals surface area contributed by atoms with Crippen molar-refractivity contribution in [1.29, 1.82) is 0 Å². The predicted octanol–water partition coefficient (Wildman–Crippen LogP) is 6.51. The smallest absolute Gasteiger partial charge is 0.303 e. The lowest BCUT2D eigenvalue weighted by Crippen LogP contribution is -2.00. The van der Waals surface area contributed by atoms with Crippen LogP contribution in [0, 0.1) is 6.92 Å². The summed E-state index contributed by atoms with van der Waals surface area (Å²) in [6.07, 6.45) is 4.55. The molecule has 0 radical (unpaired) electrons. The number of carboxylic acids is 1. The van der Waals surface area contributed by atoms with Gasteiger partial charge in [-0.25, -0.2) is 4.98 Å². The molecule has 2 heterocycles. The molecule has 5 aromatic rings. The molecule has 6 heteroatoms. The molecule has 2 aromatic heterocycles. The van der Waals surface area contributed by atoms with Gasteiger partial charge in [0.05, 0.1) is 17.6 Å². The van der Waals surface area contributed by atoms with E-state index in [-0.39, 0.29) is 6.42 Å². The summed E-state index contributed by atoms with van der Waals surface area (Å²) in [6.45, 7) is 2.64. The molecule has 34 heavy (non-hydrogen) atoms. The van der Waals surface area contributed by atoms with Crippen molar-refractivity contribution in [3.63, 3.8) is 0 Å². The number of nitrogens with one attached hydrogen (secondary N) is 1. The standard InChI is InChI=1S/C28H27N3O3/c1-19-10-12-20(13-11-19)31-26-17-21(34-16-6-2-3-9-27(32)33)14-15-25(26)30-28(31)23-18-29-24-8-5-4-7-22(23)24/h4-5,7-8,10-15,17-18,29H,2-3,6,9,16H2,1H3,(H,32,33). The van der Waals surface area contributed by atoms with E-state index in [0.29, 0.717) is 13.0 Å². The normalized spacial score (nSPS) is 11.3. The van der Waals surface area contributed by atoms with E-state index >= 15 is 0 Å². The molecule has 6 nitrogen and oxygen atoms in total. The zero-order valence-electron chi connectivity index (χ0n) is 19.1. The van der Waals surface area contributed by atoms with E-state index in [2.05, 4.69) is 52.9 Å². The lowest BCUT2D eigenvalue weighted by atomic mass is 10.1. The third kappa shape index (κ3) is 4.39. The van der Waals surface area contributed by atoms with Crippen molar-refractivity contribution in [2.24, 2.45) is 0 Å². The molecule has 0 saturated heterocycles. The van der Waals surface area contributed by atoms with Gasteiger partial charge in [-0.3, -0.25) is 9.36 Å². The lowest BCUT2D eigenvalue weighted by molar-refractivity contribution is -0.137. The van der Waals surface area contributed by atoms with Gasteiger partial charge in [0.2, 0.25) is 0 Å². The van der Waals surface area contributed by atoms with Gasteiger partial charge in [-0.15, -0.1) is 0 Å². The first-order valence-electron chi connectivity index (χ1n) is 11.6. The van der Waals surface area contributed by atoms with Gasteiger partial charge in [-0.05, 0) is 56.5 Å². The summed E-state index contributed by atoms with van der Waals surface area (Å²) >= 11 is 0. The second-order valence-electron chi connectivity index (χ2n) is 8.56. The van der Waals surface area contributed by atoms with Gasteiger partial charge < -0.3 is 14.8 Å². The number of hydrogen-bond acceptors (Lipinski definition) is 3. The number of aromatic nitrogens is 3. The Morgan fingerprint density at radius 3 is 2.68 bits per heavy atom. The highest BCUT2D eigenvalue weighted by Gasteiger charge is 2.18. The first-order valence-corrected chi connectivity index (χ1v) is 11.6. The van der Waals surface area contributed by atoms with Crippen molar-refractivity contribution in [2.45, 2.75) is 32.6 Å². The number of aromatic amines is 1. The molecule has 0 spiro atoms. The molecule has 2 N–H and O–H groups in total. The van der Waals surface area contributed by atoms with Crippen LogP contribution in [0.1, 0.15) is 31.2 Å². The number of unbranched alkanes of at least 4 members (excludes halogenated alkanes) is 2. The molecule has 0 amide bonds. The topological polar surface area (TPSA) is 80.1 Å². The summed E-state index contributed by atoms with van der Waals surface area (Å²) in [7, 11) is 0. The maximum Gasteiger partial charge on any atom is 0.303 e. The third-order valence-electron chi connectivity index (χ3n) is 6.05. The van der Waals surface area contributed by atoms with Gasteiger partial charge in [0, 0.05) is 40.8 Å². The van der Waals surface area contributed by atoms with E-state index in [9.17, 15) is 4.79 Å². The van der Waals surface area contributed by atoms with E-state index in [1.165, 1.54) is 5.56 Å².